The van der Waals surface area contributed by atoms with Gasteiger partial charge in [-0.15, -0.1) is 0 Å². The molecule has 0 heterocycles. The van der Waals surface area contributed by atoms with E-state index in [9.17, 15) is 4.79 Å². The van der Waals surface area contributed by atoms with Crippen LogP contribution in [0.1, 0.15) is 12.8 Å². The molecule has 2 aliphatic rings. The first-order chi connectivity index (χ1) is 6.86. The van der Waals surface area contributed by atoms with Gasteiger partial charge in [-0.1, -0.05) is 0 Å². The summed E-state index contributed by atoms with van der Waals surface area (Å²) in [5.74, 6) is 2.30. The first-order valence-corrected chi connectivity index (χ1v) is 4.82. The Labute approximate surface area is 104 Å². The van der Waals surface area contributed by atoms with E-state index < -0.39 is 0 Å². The van der Waals surface area contributed by atoms with Crippen LogP contribution >= 0.6 is 0 Å². The van der Waals surface area contributed by atoms with Crippen LogP contribution in [-0.2, 0) is 21.9 Å². The van der Waals surface area contributed by atoms with E-state index in [1.54, 1.807) is 0 Å². The van der Waals surface area contributed by atoms with E-state index in [0.29, 0.717) is 6.42 Å². The molecule has 1 nitrogen and oxygen atoms in total. The second-order valence-corrected chi connectivity index (χ2v) is 3.39. The van der Waals surface area contributed by atoms with Crippen LogP contribution in [0.4, 0.5) is 0 Å². The van der Waals surface area contributed by atoms with Crippen LogP contribution in [0.3, 0.4) is 0 Å². The van der Waals surface area contributed by atoms with E-state index in [2.05, 4.69) is 12.8 Å². The van der Waals surface area contributed by atoms with Gasteiger partial charge in [0.1, 0.15) is 5.78 Å². The maximum Gasteiger partial charge on any atom is 0.140 e. The van der Waals surface area contributed by atoms with E-state index in [-0.39, 0.29) is 22.9 Å². The molecule has 0 atom stereocenters. The molecule has 0 spiro atoms. The van der Waals surface area contributed by atoms with Crippen molar-refractivity contribution in [2.24, 2.45) is 0 Å². The van der Waals surface area contributed by atoms with Crippen molar-refractivity contribution in [3.8, 4) is 0 Å². The summed E-state index contributed by atoms with van der Waals surface area (Å²) in [6.45, 7) is 0. The Bertz CT molecular complexity index is 191. The summed E-state index contributed by atoms with van der Waals surface area (Å²) in [5.41, 5.74) is 0. The van der Waals surface area contributed by atoms with E-state index >= 15 is 0 Å². The predicted octanol–water partition coefficient (Wildman–Crippen LogP) is 2.14. The zero-order chi connectivity index (χ0) is 9.80. The quantitative estimate of drug-likeness (QED) is 0.688. The molecule has 0 aliphatic heterocycles. The van der Waals surface area contributed by atoms with Crippen molar-refractivity contribution in [1.82, 2.24) is 0 Å². The summed E-state index contributed by atoms with van der Waals surface area (Å²) in [7, 11) is 0. The van der Waals surface area contributed by atoms with E-state index in [0.717, 1.165) is 12.3 Å². The summed E-state index contributed by atoms with van der Waals surface area (Å²) in [6, 6.07) is 0. The SMILES string of the molecule is O=C(CC[C]1[CH][CH][CH][CH]1)[C]1[CH][CH][CH][CH]1.[Fe]. The van der Waals surface area contributed by atoms with Crippen LogP contribution in [0.2, 0.25) is 0 Å². The Balaban J connectivity index is 0.00000112. The third-order valence-corrected chi connectivity index (χ3v) is 2.36. The molecule has 0 aromatic rings. The number of Topliss-reactive ketones (excluding diaryl/α,β-unsaturated/α-hetero) is 1. The molecule has 0 saturated heterocycles. The Kier molecular flexibility index (Phi) is 5.92. The largest absolute Gasteiger partial charge is 0.299 e. The van der Waals surface area contributed by atoms with Gasteiger partial charge in [-0.3, -0.25) is 4.79 Å². The standard InChI is InChI=1S/C13H12O.Fe/c14-13(12-7-3-4-8-12)10-9-11-5-1-2-6-11;/h1-8H,9-10H2;. The van der Waals surface area contributed by atoms with Crippen molar-refractivity contribution in [3.05, 3.63) is 63.2 Å². The number of hydrogen-bond acceptors (Lipinski definition) is 1. The fourth-order valence-corrected chi connectivity index (χ4v) is 1.54. The summed E-state index contributed by atoms with van der Waals surface area (Å²) in [6.07, 6.45) is 17.1. The van der Waals surface area contributed by atoms with Crippen molar-refractivity contribution in [2.45, 2.75) is 12.8 Å². The summed E-state index contributed by atoms with van der Waals surface area (Å²) in [4.78, 5) is 11.6. The van der Waals surface area contributed by atoms with Crippen LogP contribution in [0, 0.1) is 63.2 Å². The van der Waals surface area contributed by atoms with Gasteiger partial charge in [-0.25, -0.2) is 0 Å². The Morgan fingerprint density at radius 2 is 1.47 bits per heavy atom. The van der Waals surface area contributed by atoms with Gasteiger partial charge in [-0.2, -0.15) is 0 Å². The van der Waals surface area contributed by atoms with Gasteiger partial charge >= 0.3 is 0 Å². The number of carbonyl (C=O) groups excluding carboxylic acids is 1. The maximum atomic E-state index is 11.6. The van der Waals surface area contributed by atoms with Crippen LogP contribution in [0.25, 0.3) is 0 Å². The fourth-order valence-electron chi connectivity index (χ4n) is 1.54. The Morgan fingerprint density at radius 1 is 0.933 bits per heavy atom. The smallest absolute Gasteiger partial charge is 0.140 e. The first-order valence-electron chi connectivity index (χ1n) is 4.82. The van der Waals surface area contributed by atoms with Gasteiger partial charge in [0.05, 0.1) is 0 Å². The second-order valence-electron chi connectivity index (χ2n) is 3.39. The molecule has 0 bridgehead atoms. The zero-order valence-electron chi connectivity index (χ0n) is 8.29. The number of carbonyl (C=O) groups is 1. The van der Waals surface area contributed by atoms with Crippen molar-refractivity contribution in [2.75, 3.05) is 0 Å². The molecule has 0 N–H and O–H groups in total. The molecule has 0 amide bonds. The zero-order valence-corrected chi connectivity index (χ0v) is 9.40. The first kappa shape index (κ1) is 13.3. The summed E-state index contributed by atoms with van der Waals surface area (Å²) in [5, 5.41) is 0. The summed E-state index contributed by atoms with van der Waals surface area (Å²) < 4.78 is 0. The van der Waals surface area contributed by atoms with Crippen molar-refractivity contribution >= 4 is 5.78 Å². The van der Waals surface area contributed by atoms with Gasteiger partial charge in [0.2, 0.25) is 0 Å². The molecule has 15 heavy (non-hydrogen) atoms. The van der Waals surface area contributed by atoms with E-state index in [1.165, 1.54) is 5.92 Å². The topological polar surface area (TPSA) is 17.1 Å². The number of rotatable bonds is 4. The normalized spacial score (nSPS) is 22.9. The molecule has 2 fully saturated rings. The van der Waals surface area contributed by atoms with Gasteiger partial charge in [0.25, 0.3) is 0 Å². The van der Waals surface area contributed by atoms with Crippen LogP contribution in [0.15, 0.2) is 0 Å². The molecule has 2 heteroatoms. The summed E-state index contributed by atoms with van der Waals surface area (Å²) >= 11 is 0. The molecular formula is C13H12FeO. The Hall–Kier alpha value is 0.189. The van der Waals surface area contributed by atoms with Gasteiger partial charge in [-0.05, 0) is 63.7 Å². The molecule has 2 rings (SSSR count). The maximum absolute atomic E-state index is 11.6. The molecular weight excluding hydrogens is 228 g/mol. The van der Waals surface area contributed by atoms with Crippen LogP contribution in [0.5, 0.6) is 0 Å². The molecule has 2 aliphatic carbocycles. The molecule has 0 unspecified atom stereocenters. The van der Waals surface area contributed by atoms with Crippen LogP contribution < -0.4 is 0 Å². The molecule has 0 aromatic carbocycles. The average molecular weight is 240 g/mol. The van der Waals surface area contributed by atoms with Gasteiger partial charge in [0, 0.05) is 29.4 Å². The third-order valence-electron chi connectivity index (χ3n) is 2.36. The van der Waals surface area contributed by atoms with Gasteiger partial charge in [0.15, 0.2) is 0 Å². The van der Waals surface area contributed by atoms with Crippen molar-refractivity contribution in [3.63, 3.8) is 0 Å². The molecule has 2 saturated carbocycles. The molecule has 0 aromatic heterocycles. The van der Waals surface area contributed by atoms with Crippen molar-refractivity contribution in [1.29, 1.82) is 0 Å². The molecule has 78 valence electrons. The minimum Gasteiger partial charge on any atom is -0.299 e. The average Bonchev–Trinajstić information content (AvgIpc) is 2.87. The fraction of sp³-hybridized carbons (Fsp3) is 0.154. The monoisotopic (exact) mass is 240 g/mol. The van der Waals surface area contributed by atoms with Gasteiger partial charge < -0.3 is 0 Å². The minimum atomic E-state index is 0. The van der Waals surface area contributed by atoms with Crippen LogP contribution in [-0.4, -0.2) is 5.78 Å². The third kappa shape index (κ3) is 3.92. The minimum absolute atomic E-state index is 0. The predicted molar refractivity (Wildman–Crippen MR) is 55.1 cm³/mol. The van der Waals surface area contributed by atoms with E-state index in [1.807, 2.05) is 38.5 Å². The number of ketones is 1. The second kappa shape index (κ2) is 6.70. The van der Waals surface area contributed by atoms with Crippen molar-refractivity contribution < 1.29 is 21.9 Å². The number of hydrogen-bond donors (Lipinski definition) is 0. The molecule has 10 radical (unpaired) electrons. The Morgan fingerprint density at radius 3 is 2.07 bits per heavy atom. The van der Waals surface area contributed by atoms with E-state index in [4.69, 9.17) is 0 Å².